The number of nitrogens with one attached hydrogen (secondary N) is 1. The number of nitrogens with zero attached hydrogens (tertiary/aromatic N) is 1. The zero-order chi connectivity index (χ0) is 18.4. The van der Waals surface area contributed by atoms with E-state index in [2.05, 4.69) is 38.3 Å². The van der Waals surface area contributed by atoms with Crippen LogP contribution < -0.4 is 10.2 Å². The van der Waals surface area contributed by atoms with Crippen LogP contribution in [-0.4, -0.2) is 38.9 Å². The Hall–Kier alpha value is -2.05. The summed E-state index contributed by atoms with van der Waals surface area (Å²) in [5, 5.41) is 3.38. The van der Waals surface area contributed by atoms with Gasteiger partial charge in [0.1, 0.15) is 0 Å². The number of carbonyl (C=O) groups excluding carboxylic acids is 1. The molecule has 6 heteroatoms. The van der Waals surface area contributed by atoms with Gasteiger partial charge in [-0.1, -0.05) is 28.1 Å². The van der Waals surface area contributed by atoms with Crippen LogP contribution in [0.3, 0.4) is 0 Å². The zero-order valence-electron chi connectivity index (χ0n) is 14.8. The molecule has 2 aromatic rings. The van der Waals surface area contributed by atoms with Crippen molar-refractivity contribution >= 4 is 33.3 Å². The molecule has 3 rings (SSSR count). The average molecular weight is 419 g/mol. The van der Waals surface area contributed by atoms with E-state index < -0.39 is 0 Å². The molecule has 0 atom stereocenters. The molecule has 0 spiro atoms. The minimum Gasteiger partial charge on any atom is -0.462 e. The molecular weight excluding hydrogens is 396 g/mol. The van der Waals surface area contributed by atoms with Gasteiger partial charge in [-0.2, -0.15) is 0 Å². The molecule has 0 unspecified atom stereocenters. The first-order valence-corrected chi connectivity index (χ1v) is 9.59. The molecule has 0 aromatic heterocycles. The van der Waals surface area contributed by atoms with Crippen molar-refractivity contribution in [1.29, 1.82) is 0 Å². The smallest absolute Gasteiger partial charge is 0.340 e. The van der Waals surface area contributed by atoms with Crippen molar-refractivity contribution < 1.29 is 14.3 Å². The Morgan fingerprint density at radius 3 is 2.62 bits per heavy atom. The fourth-order valence-corrected chi connectivity index (χ4v) is 3.17. The number of benzene rings is 2. The van der Waals surface area contributed by atoms with E-state index in [-0.39, 0.29) is 5.97 Å². The predicted molar refractivity (Wildman–Crippen MR) is 107 cm³/mol. The Labute approximate surface area is 162 Å². The van der Waals surface area contributed by atoms with Crippen molar-refractivity contribution in [2.24, 2.45) is 0 Å². The molecule has 1 N–H and O–H groups in total. The van der Waals surface area contributed by atoms with Crippen LogP contribution in [0, 0.1) is 0 Å². The molecule has 0 aliphatic carbocycles. The highest BCUT2D eigenvalue weighted by Gasteiger charge is 2.20. The summed E-state index contributed by atoms with van der Waals surface area (Å²) in [6.07, 6.45) is 0. The summed E-state index contributed by atoms with van der Waals surface area (Å²) in [7, 11) is 0. The van der Waals surface area contributed by atoms with E-state index in [0.29, 0.717) is 31.9 Å². The molecule has 0 amide bonds. The lowest BCUT2D eigenvalue weighted by Gasteiger charge is -2.30. The molecule has 2 aromatic carbocycles. The monoisotopic (exact) mass is 418 g/mol. The average Bonchev–Trinajstić information content (AvgIpc) is 2.68. The highest BCUT2D eigenvalue weighted by Crippen LogP contribution is 2.26. The normalized spacial score (nSPS) is 14.2. The van der Waals surface area contributed by atoms with E-state index in [4.69, 9.17) is 9.47 Å². The number of morpholine rings is 1. The molecule has 5 nitrogen and oxygen atoms in total. The maximum absolute atomic E-state index is 12.5. The summed E-state index contributed by atoms with van der Waals surface area (Å²) in [5.41, 5.74) is 3.56. The van der Waals surface area contributed by atoms with Gasteiger partial charge in [-0.3, -0.25) is 0 Å². The molecule has 0 radical (unpaired) electrons. The number of rotatable bonds is 6. The number of carbonyl (C=O) groups is 1. The van der Waals surface area contributed by atoms with Gasteiger partial charge in [0, 0.05) is 29.8 Å². The van der Waals surface area contributed by atoms with Gasteiger partial charge in [-0.05, 0) is 42.8 Å². The van der Waals surface area contributed by atoms with Crippen molar-refractivity contribution in [2.45, 2.75) is 13.5 Å². The Balaban J connectivity index is 1.79. The van der Waals surface area contributed by atoms with Crippen molar-refractivity contribution in [2.75, 3.05) is 43.1 Å². The van der Waals surface area contributed by atoms with Gasteiger partial charge in [0.2, 0.25) is 0 Å². The maximum atomic E-state index is 12.5. The third kappa shape index (κ3) is 4.77. The molecule has 1 aliphatic heterocycles. The first kappa shape index (κ1) is 18.7. The minimum atomic E-state index is -0.290. The topological polar surface area (TPSA) is 50.8 Å². The van der Waals surface area contributed by atoms with Crippen molar-refractivity contribution in [3.63, 3.8) is 0 Å². The van der Waals surface area contributed by atoms with E-state index in [9.17, 15) is 4.79 Å². The van der Waals surface area contributed by atoms with E-state index in [1.807, 2.05) is 37.3 Å². The Kier molecular flexibility index (Phi) is 6.52. The highest BCUT2D eigenvalue weighted by atomic mass is 79.9. The van der Waals surface area contributed by atoms with E-state index in [0.717, 1.165) is 28.9 Å². The number of halogens is 1. The maximum Gasteiger partial charge on any atom is 0.340 e. The van der Waals surface area contributed by atoms with Crippen molar-refractivity contribution in [3.05, 3.63) is 58.1 Å². The molecular formula is C20H23BrN2O3. The molecule has 1 saturated heterocycles. The summed E-state index contributed by atoms with van der Waals surface area (Å²) in [4.78, 5) is 14.6. The standard InChI is InChI=1S/C20H23BrN2O3/c1-2-26-20(24)18-13-17(22-14-15-3-5-16(21)6-4-15)7-8-19(18)23-9-11-25-12-10-23/h3-8,13,22H,2,9-12,14H2,1H3. The molecule has 26 heavy (non-hydrogen) atoms. The van der Waals surface area contributed by atoms with Gasteiger partial charge in [-0.15, -0.1) is 0 Å². The van der Waals surface area contributed by atoms with Crippen LogP contribution >= 0.6 is 15.9 Å². The summed E-state index contributed by atoms with van der Waals surface area (Å²) in [6.45, 7) is 5.76. The number of hydrogen-bond acceptors (Lipinski definition) is 5. The second-order valence-electron chi connectivity index (χ2n) is 6.03. The molecule has 0 bridgehead atoms. The lowest BCUT2D eigenvalue weighted by molar-refractivity contribution is 0.0526. The Bertz CT molecular complexity index is 743. The largest absolute Gasteiger partial charge is 0.462 e. The van der Waals surface area contributed by atoms with Crippen molar-refractivity contribution in [3.8, 4) is 0 Å². The first-order chi connectivity index (χ1) is 12.7. The summed E-state index contributed by atoms with van der Waals surface area (Å²) < 4.78 is 11.7. The third-order valence-corrected chi connectivity index (χ3v) is 4.78. The second-order valence-corrected chi connectivity index (χ2v) is 6.95. The van der Waals surface area contributed by atoms with Gasteiger partial charge in [0.05, 0.1) is 31.1 Å². The summed E-state index contributed by atoms with van der Waals surface area (Å²) >= 11 is 3.44. The van der Waals surface area contributed by atoms with Crippen LogP contribution in [0.15, 0.2) is 46.9 Å². The molecule has 0 saturated carbocycles. The number of anilines is 2. The lowest BCUT2D eigenvalue weighted by Crippen LogP contribution is -2.37. The van der Waals surface area contributed by atoms with Crippen LogP contribution in [0.1, 0.15) is 22.8 Å². The van der Waals surface area contributed by atoms with Crippen LogP contribution in [0.25, 0.3) is 0 Å². The molecule has 1 heterocycles. The summed E-state index contributed by atoms with van der Waals surface area (Å²) in [6, 6.07) is 14.0. The van der Waals surface area contributed by atoms with Gasteiger partial charge >= 0.3 is 5.97 Å². The van der Waals surface area contributed by atoms with Gasteiger partial charge in [0.15, 0.2) is 0 Å². The summed E-state index contributed by atoms with van der Waals surface area (Å²) in [5.74, 6) is -0.290. The number of hydrogen-bond donors (Lipinski definition) is 1. The van der Waals surface area contributed by atoms with Gasteiger partial charge in [-0.25, -0.2) is 4.79 Å². The molecule has 1 fully saturated rings. The van der Waals surface area contributed by atoms with Crippen LogP contribution in [0.4, 0.5) is 11.4 Å². The number of ether oxygens (including phenoxy) is 2. The Morgan fingerprint density at radius 1 is 1.19 bits per heavy atom. The van der Waals surface area contributed by atoms with Crippen molar-refractivity contribution in [1.82, 2.24) is 0 Å². The Morgan fingerprint density at radius 2 is 1.92 bits per heavy atom. The van der Waals surface area contributed by atoms with Gasteiger partial charge in [0.25, 0.3) is 0 Å². The van der Waals surface area contributed by atoms with E-state index >= 15 is 0 Å². The quantitative estimate of drug-likeness (QED) is 0.716. The fourth-order valence-electron chi connectivity index (χ4n) is 2.90. The first-order valence-electron chi connectivity index (χ1n) is 8.79. The SMILES string of the molecule is CCOC(=O)c1cc(NCc2ccc(Br)cc2)ccc1N1CCOCC1. The number of esters is 1. The second kappa shape index (κ2) is 9.05. The fraction of sp³-hybridized carbons (Fsp3) is 0.350. The molecule has 1 aliphatic rings. The minimum absolute atomic E-state index is 0.290. The van der Waals surface area contributed by atoms with Crippen LogP contribution in [-0.2, 0) is 16.0 Å². The third-order valence-electron chi connectivity index (χ3n) is 4.25. The van der Waals surface area contributed by atoms with Crippen LogP contribution in [0.5, 0.6) is 0 Å². The lowest BCUT2D eigenvalue weighted by atomic mass is 10.1. The van der Waals surface area contributed by atoms with Gasteiger partial charge < -0.3 is 19.7 Å². The zero-order valence-corrected chi connectivity index (χ0v) is 16.4. The molecule has 138 valence electrons. The van der Waals surface area contributed by atoms with E-state index in [1.165, 1.54) is 5.56 Å². The predicted octanol–water partition coefficient (Wildman–Crippen LogP) is 4.07. The van der Waals surface area contributed by atoms with Crippen LogP contribution in [0.2, 0.25) is 0 Å². The highest BCUT2D eigenvalue weighted by molar-refractivity contribution is 9.10. The van der Waals surface area contributed by atoms with E-state index in [1.54, 1.807) is 0 Å².